The van der Waals surface area contributed by atoms with Crippen molar-refractivity contribution in [2.24, 2.45) is 0 Å². The molecule has 0 aliphatic carbocycles. The molecule has 0 aliphatic heterocycles. The Morgan fingerprint density at radius 2 is 1.90 bits per heavy atom. The zero-order chi connectivity index (χ0) is 21.3. The number of halogens is 2. The predicted molar refractivity (Wildman–Crippen MR) is 120 cm³/mol. The molecular formula is C23H18Cl2N2O3. The van der Waals surface area contributed by atoms with Gasteiger partial charge in [-0.1, -0.05) is 29.3 Å². The number of nitrogens with one attached hydrogen (secondary N) is 1. The molecule has 1 amide bonds. The number of carbonyl (C=O) groups excluding carboxylic acids is 1. The highest BCUT2D eigenvalue weighted by Crippen LogP contribution is 2.30. The quantitative estimate of drug-likeness (QED) is 0.372. The summed E-state index contributed by atoms with van der Waals surface area (Å²) in [5.41, 5.74) is 4.04. The lowest BCUT2D eigenvalue weighted by molar-refractivity contribution is 0.102. The summed E-state index contributed by atoms with van der Waals surface area (Å²) in [4.78, 5) is 17.1. The molecule has 0 spiro atoms. The summed E-state index contributed by atoms with van der Waals surface area (Å²) in [6.45, 7) is 4.31. The fourth-order valence-electron chi connectivity index (χ4n) is 2.97. The van der Waals surface area contributed by atoms with Crippen LogP contribution in [0.25, 0.3) is 22.6 Å². The fourth-order valence-corrected chi connectivity index (χ4v) is 3.39. The van der Waals surface area contributed by atoms with E-state index in [4.69, 9.17) is 32.4 Å². The Kier molecular flexibility index (Phi) is 5.66. The van der Waals surface area contributed by atoms with E-state index >= 15 is 0 Å². The lowest BCUT2D eigenvalue weighted by atomic mass is 10.1. The Bertz CT molecular complexity index is 1250. The fraction of sp³-hybridized carbons (Fsp3) is 0.130. The van der Waals surface area contributed by atoms with Gasteiger partial charge < -0.3 is 14.5 Å². The molecule has 7 heteroatoms. The first-order valence-corrected chi connectivity index (χ1v) is 10.1. The number of amides is 1. The van der Waals surface area contributed by atoms with Gasteiger partial charge in [-0.05, 0) is 67.9 Å². The van der Waals surface area contributed by atoms with Crippen molar-refractivity contribution in [3.63, 3.8) is 0 Å². The van der Waals surface area contributed by atoms with Gasteiger partial charge >= 0.3 is 0 Å². The number of ether oxygens (including phenoxy) is 1. The van der Waals surface area contributed by atoms with E-state index in [0.29, 0.717) is 50.6 Å². The lowest BCUT2D eigenvalue weighted by Crippen LogP contribution is -2.11. The monoisotopic (exact) mass is 440 g/mol. The lowest BCUT2D eigenvalue weighted by Gasteiger charge is -2.08. The Morgan fingerprint density at radius 3 is 2.63 bits per heavy atom. The maximum atomic E-state index is 12.6. The number of fused-ring (bicyclic) bond motifs is 1. The minimum atomic E-state index is -0.284. The number of carbonyl (C=O) groups is 1. The van der Waals surface area contributed by atoms with Crippen LogP contribution < -0.4 is 10.1 Å². The topological polar surface area (TPSA) is 64.4 Å². The van der Waals surface area contributed by atoms with E-state index in [9.17, 15) is 4.79 Å². The van der Waals surface area contributed by atoms with E-state index in [1.165, 1.54) is 0 Å². The summed E-state index contributed by atoms with van der Waals surface area (Å²) in [7, 11) is 0. The second-order valence-corrected chi connectivity index (χ2v) is 7.51. The number of rotatable bonds is 5. The van der Waals surface area contributed by atoms with Crippen LogP contribution in [0.2, 0.25) is 10.0 Å². The summed E-state index contributed by atoms with van der Waals surface area (Å²) >= 11 is 12.4. The van der Waals surface area contributed by atoms with Gasteiger partial charge in [0.2, 0.25) is 5.89 Å². The van der Waals surface area contributed by atoms with Crippen molar-refractivity contribution < 1.29 is 13.9 Å². The van der Waals surface area contributed by atoms with E-state index in [1.54, 1.807) is 36.4 Å². The van der Waals surface area contributed by atoms with Crippen LogP contribution in [0.1, 0.15) is 22.8 Å². The number of aryl methyl sites for hydroxylation is 1. The van der Waals surface area contributed by atoms with Crippen molar-refractivity contribution in [3.05, 3.63) is 75.8 Å². The summed E-state index contributed by atoms with van der Waals surface area (Å²) in [5, 5.41) is 3.89. The predicted octanol–water partition coefficient (Wildman–Crippen LogP) is 6.76. The number of aromatic nitrogens is 1. The summed E-state index contributed by atoms with van der Waals surface area (Å²) < 4.78 is 11.2. The van der Waals surface area contributed by atoms with Crippen molar-refractivity contribution in [2.75, 3.05) is 11.9 Å². The maximum absolute atomic E-state index is 12.6. The highest BCUT2D eigenvalue weighted by atomic mass is 35.5. The summed E-state index contributed by atoms with van der Waals surface area (Å²) in [6, 6.07) is 15.9. The third-order valence-corrected chi connectivity index (χ3v) is 5.26. The zero-order valence-electron chi connectivity index (χ0n) is 16.3. The van der Waals surface area contributed by atoms with Gasteiger partial charge in [-0.15, -0.1) is 0 Å². The number of hydrogen-bond donors (Lipinski definition) is 1. The number of benzene rings is 3. The van der Waals surface area contributed by atoms with Crippen LogP contribution >= 0.6 is 23.2 Å². The minimum absolute atomic E-state index is 0.284. The van der Waals surface area contributed by atoms with Crippen LogP contribution in [0.15, 0.2) is 59.0 Å². The second kappa shape index (κ2) is 8.38. The molecule has 4 rings (SSSR count). The average molecular weight is 441 g/mol. The standard InChI is InChI=1S/C23H18Cl2N2O3/c1-3-29-20-8-6-14(10-18(20)25)22(28)26-16-7-9-21-19(12-16)27-23(30-21)15-5-4-13(2)17(24)11-15/h4-12H,3H2,1-2H3,(H,26,28). The maximum Gasteiger partial charge on any atom is 0.255 e. The summed E-state index contributed by atoms with van der Waals surface area (Å²) in [6.07, 6.45) is 0. The van der Waals surface area contributed by atoms with Crippen LogP contribution in [-0.4, -0.2) is 17.5 Å². The Morgan fingerprint density at radius 1 is 1.07 bits per heavy atom. The first-order chi connectivity index (χ1) is 14.4. The zero-order valence-corrected chi connectivity index (χ0v) is 17.8. The first kappa shape index (κ1) is 20.3. The molecule has 3 aromatic carbocycles. The largest absolute Gasteiger partial charge is 0.492 e. The molecule has 0 fully saturated rings. The minimum Gasteiger partial charge on any atom is -0.492 e. The Labute approximate surface area is 183 Å². The first-order valence-electron chi connectivity index (χ1n) is 9.35. The van der Waals surface area contributed by atoms with Crippen molar-refractivity contribution >= 4 is 45.9 Å². The van der Waals surface area contributed by atoms with Crippen molar-refractivity contribution in [2.45, 2.75) is 13.8 Å². The number of oxazole rings is 1. The van der Waals surface area contributed by atoms with Crippen LogP contribution in [0.4, 0.5) is 5.69 Å². The third-order valence-electron chi connectivity index (χ3n) is 4.56. The van der Waals surface area contributed by atoms with Crippen molar-refractivity contribution in [3.8, 4) is 17.2 Å². The highest BCUT2D eigenvalue weighted by Gasteiger charge is 2.13. The molecule has 0 atom stereocenters. The number of hydrogen-bond acceptors (Lipinski definition) is 4. The van der Waals surface area contributed by atoms with Crippen molar-refractivity contribution in [1.82, 2.24) is 4.98 Å². The van der Waals surface area contributed by atoms with Crippen LogP contribution in [0.3, 0.4) is 0 Å². The molecular weight excluding hydrogens is 423 g/mol. The molecule has 1 heterocycles. The molecule has 0 radical (unpaired) electrons. The molecule has 1 N–H and O–H groups in total. The average Bonchev–Trinajstić information content (AvgIpc) is 3.15. The Hall–Kier alpha value is -3.02. The molecule has 4 aromatic rings. The van der Waals surface area contributed by atoms with Crippen LogP contribution in [0.5, 0.6) is 5.75 Å². The molecule has 152 valence electrons. The van der Waals surface area contributed by atoms with Gasteiger partial charge in [0, 0.05) is 21.8 Å². The molecule has 5 nitrogen and oxygen atoms in total. The van der Waals surface area contributed by atoms with Crippen LogP contribution in [-0.2, 0) is 0 Å². The molecule has 30 heavy (non-hydrogen) atoms. The summed E-state index contributed by atoms with van der Waals surface area (Å²) in [5.74, 6) is 0.727. The van der Waals surface area contributed by atoms with E-state index < -0.39 is 0 Å². The van der Waals surface area contributed by atoms with Gasteiger partial charge in [0.15, 0.2) is 5.58 Å². The molecule has 0 saturated carbocycles. The van der Waals surface area contributed by atoms with E-state index in [0.717, 1.165) is 11.1 Å². The molecule has 0 saturated heterocycles. The highest BCUT2D eigenvalue weighted by molar-refractivity contribution is 6.32. The molecule has 0 aliphatic rings. The van der Waals surface area contributed by atoms with Gasteiger partial charge in [-0.25, -0.2) is 4.98 Å². The van der Waals surface area contributed by atoms with Gasteiger partial charge in [-0.3, -0.25) is 4.79 Å². The van der Waals surface area contributed by atoms with Gasteiger partial charge in [-0.2, -0.15) is 0 Å². The molecule has 1 aromatic heterocycles. The number of anilines is 1. The smallest absolute Gasteiger partial charge is 0.255 e. The third kappa shape index (κ3) is 4.13. The normalized spacial score (nSPS) is 10.9. The SMILES string of the molecule is CCOc1ccc(C(=O)Nc2ccc3oc(-c4ccc(C)c(Cl)c4)nc3c2)cc1Cl. The van der Waals surface area contributed by atoms with Crippen LogP contribution in [0, 0.1) is 6.92 Å². The number of nitrogens with zero attached hydrogens (tertiary/aromatic N) is 1. The van der Waals surface area contributed by atoms with Gasteiger partial charge in [0.05, 0.1) is 11.6 Å². The van der Waals surface area contributed by atoms with E-state index in [-0.39, 0.29) is 5.91 Å². The molecule has 0 unspecified atom stereocenters. The van der Waals surface area contributed by atoms with E-state index in [2.05, 4.69) is 10.3 Å². The van der Waals surface area contributed by atoms with E-state index in [1.807, 2.05) is 32.0 Å². The Balaban J connectivity index is 1.57. The van der Waals surface area contributed by atoms with Gasteiger partial charge in [0.25, 0.3) is 5.91 Å². The van der Waals surface area contributed by atoms with Gasteiger partial charge in [0.1, 0.15) is 11.3 Å². The molecule has 0 bridgehead atoms. The van der Waals surface area contributed by atoms with Crippen molar-refractivity contribution in [1.29, 1.82) is 0 Å². The second-order valence-electron chi connectivity index (χ2n) is 6.70.